The Morgan fingerprint density at radius 2 is 1.85 bits per heavy atom. The molecule has 0 saturated carbocycles. The third kappa shape index (κ3) is 3.07. The Morgan fingerprint density at radius 3 is 2.45 bits per heavy atom. The van der Waals surface area contributed by atoms with Crippen LogP contribution in [0.25, 0.3) is 11.3 Å². The minimum atomic E-state index is -0.0271. The van der Waals surface area contributed by atoms with Gasteiger partial charge in [0.25, 0.3) is 0 Å². The van der Waals surface area contributed by atoms with Crippen molar-refractivity contribution in [2.45, 2.75) is 33.1 Å². The molecule has 2 aromatic rings. The van der Waals surface area contributed by atoms with E-state index in [4.69, 9.17) is 11.6 Å². The molecule has 0 aliphatic rings. The summed E-state index contributed by atoms with van der Waals surface area (Å²) in [7, 11) is 0. The summed E-state index contributed by atoms with van der Waals surface area (Å²) in [5.74, 6) is 0.0230. The van der Waals surface area contributed by atoms with Gasteiger partial charge < -0.3 is 0 Å². The summed E-state index contributed by atoms with van der Waals surface area (Å²) >= 11 is 6.25. The third-order valence-electron chi connectivity index (χ3n) is 3.17. The van der Waals surface area contributed by atoms with Crippen molar-refractivity contribution in [2.24, 2.45) is 0 Å². The highest BCUT2D eigenvalue weighted by Gasteiger charge is 2.17. The Kier molecular flexibility index (Phi) is 3.96. The normalized spacial score (nSPS) is 11.4. The molecule has 0 bridgehead atoms. The lowest BCUT2D eigenvalue weighted by Crippen LogP contribution is -2.13. The van der Waals surface area contributed by atoms with E-state index in [0.717, 1.165) is 17.0 Å². The summed E-state index contributed by atoms with van der Waals surface area (Å²) in [4.78, 5) is 16.2. The number of halogens is 1. The summed E-state index contributed by atoms with van der Waals surface area (Å²) in [6.45, 7) is 7.90. The highest BCUT2D eigenvalue weighted by Crippen LogP contribution is 2.30. The molecule has 0 atom stereocenters. The molecule has 0 fully saturated rings. The van der Waals surface area contributed by atoms with E-state index in [9.17, 15) is 4.79 Å². The van der Waals surface area contributed by atoms with E-state index < -0.39 is 0 Å². The number of Topliss-reactive ketones (excluding diaryl/α,β-unsaturated/α-hetero) is 1. The summed E-state index contributed by atoms with van der Waals surface area (Å²) in [6, 6.07) is 11.2. The molecule has 0 radical (unpaired) electrons. The van der Waals surface area contributed by atoms with Crippen LogP contribution in [0.2, 0.25) is 5.02 Å². The molecule has 1 aromatic carbocycles. The van der Waals surface area contributed by atoms with Crippen molar-refractivity contribution in [2.75, 3.05) is 0 Å². The summed E-state index contributed by atoms with van der Waals surface area (Å²) < 4.78 is 0. The van der Waals surface area contributed by atoms with Crippen molar-refractivity contribution >= 4 is 17.4 Å². The first-order valence-corrected chi connectivity index (χ1v) is 6.95. The van der Waals surface area contributed by atoms with Gasteiger partial charge in [0.2, 0.25) is 0 Å². The average molecular weight is 288 g/mol. The Labute approximate surface area is 124 Å². The number of rotatable bonds is 2. The number of hydrogen-bond donors (Lipinski definition) is 0. The van der Waals surface area contributed by atoms with Gasteiger partial charge in [-0.15, -0.1) is 0 Å². The second-order valence-electron chi connectivity index (χ2n) is 5.91. The molecule has 2 rings (SSSR count). The van der Waals surface area contributed by atoms with E-state index in [1.54, 1.807) is 25.1 Å². The maximum absolute atomic E-state index is 11.5. The lowest BCUT2D eigenvalue weighted by atomic mass is 9.91. The zero-order chi connectivity index (χ0) is 14.9. The Morgan fingerprint density at radius 1 is 1.15 bits per heavy atom. The molecular weight excluding hydrogens is 270 g/mol. The van der Waals surface area contributed by atoms with E-state index >= 15 is 0 Å². The number of carbonyl (C=O) groups is 1. The van der Waals surface area contributed by atoms with Gasteiger partial charge in [0, 0.05) is 22.2 Å². The molecule has 0 amide bonds. The molecule has 3 heteroatoms. The third-order valence-corrected chi connectivity index (χ3v) is 3.50. The van der Waals surface area contributed by atoms with Gasteiger partial charge in [-0.05, 0) is 37.3 Å². The monoisotopic (exact) mass is 287 g/mol. The van der Waals surface area contributed by atoms with Crippen LogP contribution in [0, 0.1) is 0 Å². The lowest BCUT2D eigenvalue weighted by molar-refractivity contribution is 0.101. The van der Waals surface area contributed by atoms with Crippen molar-refractivity contribution in [3.8, 4) is 11.3 Å². The fourth-order valence-corrected chi connectivity index (χ4v) is 2.16. The maximum atomic E-state index is 11.5. The second kappa shape index (κ2) is 5.37. The van der Waals surface area contributed by atoms with E-state index in [0.29, 0.717) is 10.6 Å². The largest absolute Gasteiger partial charge is 0.295 e. The molecule has 0 N–H and O–H groups in total. The minimum absolute atomic E-state index is 0.0230. The molecule has 0 unspecified atom stereocenters. The molecule has 0 aliphatic carbocycles. The van der Waals surface area contributed by atoms with Crippen molar-refractivity contribution in [3.05, 3.63) is 52.7 Å². The zero-order valence-electron chi connectivity index (χ0n) is 12.2. The lowest BCUT2D eigenvalue weighted by Gasteiger charge is -2.18. The van der Waals surface area contributed by atoms with Crippen molar-refractivity contribution in [3.63, 3.8) is 0 Å². The Bertz CT molecular complexity index is 656. The minimum Gasteiger partial charge on any atom is -0.295 e. The standard InChI is InChI=1S/C17H18ClNO/c1-11(20)12-8-9-14(18)13(10-12)15-6-5-7-16(19-15)17(2,3)4/h5-10H,1-4H3. The van der Waals surface area contributed by atoms with Crippen molar-refractivity contribution in [1.29, 1.82) is 0 Å². The fraction of sp³-hybridized carbons (Fsp3) is 0.294. The number of pyridine rings is 1. The molecular formula is C17H18ClNO. The molecule has 0 aliphatic heterocycles. The first kappa shape index (κ1) is 14.7. The molecule has 20 heavy (non-hydrogen) atoms. The predicted octanol–water partition coefficient (Wildman–Crippen LogP) is 4.90. The Hall–Kier alpha value is -1.67. The predicted molar refractivity (Wildman–Crippen MR) is 83.4 cm³/mol. The second-order valence-corrected chi connectivity index (χ2v) is 6.32. The maximum Gasteiger partial charge on any atom is 0.159 e. The fourth-order valence-electron chi connectivity index (χ4n) is 1.94. The SMILES string of the molecule is CC(=O)c1ccc(Cl)c(-c2cccc(C(C)(C)C)n2)c1. The number of nitrogens with zero attached hydrogens (tertiary/aromatic N) is 1. The van der Waals surface area contributed by atoms with Crippen LogP contribution in [0.1, 0.15) is 43.7 Å². The number of carbonyl (C=O) groups excluding carboxylic acids is 1. The molecule has 104 valence electrons. The van der Waals surface area contributed by atoms with Crippen LogP contribution in [0.15, 0.2) is 36.4 Å². The molecule has 0 spiro atoms. The van der Waals surface area contributed by atoms with Gasteiger partial charge in [0.1, 0.15) is 0 Å². The van der Waals surface area contributed by atoms with E-state index in [1.165, 1.54) is 0 Å². The van der Waals surface area contributed by atoms with Crippen LogP contribution < -0.4 is 0 Å². The van der Waals surface area contributed by atoms with Crippen LogP contribution in [-0.4, -0.2) is 10.8 Å². The quantitative estimate of drug-likeness (QED) is 0.735. The van der Waals surface area contributed by atoms with Gasteiger partial charge in [-0.2, -0.15) is 0 Å². The van der Waals surface area contributed by atoms with Gasteiger partial charge in [0.05, 0.1) is 10.7 Å². The van der Waals surface area contributed by atoms with Gasteiger partial charge in [-0.1, -0.05) is 38.4 Å². The number of hydrogen-bond acceptors (Lipinski definition) is 2. The molecule has 0 saturated heterocycles. The van der Waals surface area contributed by atoms with Gasteiger partial charge in [-0.25, -0.2) is 0 Å². The number of ketones is 1. The van der Waals surface area contributed by atoms with Gasteiger partial charge in [0.15, 0.2) is 5.78 Å². The average Bonchev–Trinajstić information content (AvgIpc) is 2.38. The first-order valence-electron chi connectivity index (χ1n) is 6.57. The van der Waals surface area contributed by atoms with Crippen molar-refractivity contribution in [1.82, 2.24) is 4.98 Å². The number of aromatic nitrogens is 1. The van der Waals surface area contributed by atoms with Crippen LogP contribution in [-0.2, 0) is 5.41 Å². The highest BCUT2D eigenvalue weighted by molar-refractivity contribution is 6.33. The van der Waals surface area contributed by atoms with E-state index in [2.05, 4.69) is 25.8 Å². The first-order chi connectivity index (χ1) is 9.29. The van der Waals surface area contributed by atoms with Gasteiger partial charge >= 0.3 is 0 Å². The van der Waals surface area contributed by atoms with Crippen LogP contribution >= 0.6 is 11.6 Å². The summed E-state index contributed by atoms with van der Waals surface area (Å²) in [5, 5.41) is 0.605. The van der Waals surface area contributed by atoms with Gasteiger partial charge in [-0.3, -0.25) is 9.78 Å². The van der Waals surface area contributed by atoms with E-state index in [-0.39, 0.29) is 11.2 Å². The molecule has 1 heterocycles. The zero-order valence-corrected chi connectivity index (χ0v) is 13.0. The van der Waals surface area contributed by atoms with Crippen LogP contribution in [0.5, 0.6) is 0 Å². The Balaban J connectivity index is 2.57. The van der Waals surface area contributed by atoms with Crippen LogP contribution in [0.4, 0.5) is 0 Å². The summed E-state index contributed by atoms with van der Waals surface area (Å²) in [5.41, 5.74) is 3.21. The molecule has 1 aromatic heterocycles. The van der Waals surface area contributed by atoms with Crippen molar-refractivity contribution < 1.29 is 4.79 Å². The van der Waals surface area contributed by atoms with E-state index in [1.807, 2.05) is 18.2 Å². The molecule has 2 nitrogen and oxygen atoms in total. The van der Waals surface area contributed by atoms with Crippen LogP contribution in [0.3, 0.4) is 0 Å². The topological polar surface area (TPSA) is 30.0 Å². The smallest absolute Gasteiger partial charge is 0.159 e. The highest BCUT2D eigenvalue weighted by atomic mass is 35.5. The number of benzene rings is 1. The summed E-state index contributed by atoms with van der Waals surface area (Å²) in [6.07, 6.45) is 0.